The maximum Gasteiger partial charge on any atom is 0.0832 e. The highest BCUT2D eigenvalue weighted by Gasteiger charge is 2.31. The molecular weight excluding hydrogens is 199 g/mol. The lowest BCUT2D eigenvalue weighted by Gasteiger charge is -2.43. The molecule has 0 aromatic carbocycles. The molecule has 0 aromatic heterocycles. The fraction of sp³-hybridized carbons (Fsp3) is 1.00. The lowest BCUT2D eigenvalue weighted by molar-refractivity contribution is 0.0896. The minimum absolute atomic E-state index is 0.493. The predicted molar refractivity (Wildman–Crippen MR) is 49.9 cm³/mol. The molecule has 12 heavy (non-hydrogen) atoms. The van der Waals surface area contributed by atoms with Gasteiger partial charge in [0.05, 0.1) is 23.7 Å². The molecule has 0 radical (unpaired) electrons. The van der Waals surface area contributed by atoms with Crippen molar-refractivity contribution in [2.75, 3.05) is 19.6 Å². The van der Waals surface area contributed by atoms with Crippen molar-refractivity contribution in [2.45, 2.75) is 18.9 Å². The van der Waals surface area contributed by atoms with Gasteiger partial charge in [-0.3, -0.25) is 0 Å². The Balaban J connectivity index is 0.000000213. The summed E-state index contributed by atoms with van der Waals surface area (Å²) in [5.41, 5.74) is 5.88. The molecule has 0 aromatic rings. The summed E-state index contributed by atoms with van der Waals surface area (Å²) in [6, 6.07) is 0.493. The van der Waals surface area contributed by atoms with Crippen LogP contribution in [0.1, 0.15) is 12.8 Å². The van der Waals surface area contributed by atoms with Crippen LogP contribution in [0.3, 0.4) is 0 Å². The molecule has 3 saturated heterocycles. The van der Waals surface area contributed by atoms with E-state index in [-0.39, 0.29) is 0 Å². The Kier molecular flexibility index (Phi) is 4.61. The number of piperidine rings is 3. The average Bonchev–Trinajstić information content (AvgIpc) is 2.07. The minimum atomic E-state index is 0.493. The highest BCUT2D eigenvalue weighted by Crippen LogP contribution is 2.25. The molecule has 0 spiro atoms. The molecule has 5 heteroatoms. The van der Waals surface area contributed by atoms with Crippen LogP contribution in [0.4, 0.5) is 0 Å². The Morgan fingerprint density at radius 3 is 1.92 bits per heavy atom. The van der Waals surface area contributed by atoms with Gasteiger partial charge in [0.1, 0.15) is 0 Å². The van der Waals surface area contributed by atoms with Crippen LogP contribution in [0.2, 0.25) is 0 Å². The average molecular weight is 213 g/mol. The molecule has 3 nitrogen and oxygen atoms in total. The van der Waals surface area contributed by atoms with E-state index < -0.39 is 0 Å². The van der Waals surface area contributed by atoms with Crippen LogP contribution in [0.15, 0.2) is 0 Å². The van der Waals surface area contributed by atoms with E-state index in [4.69, 9.17) is 5.73 Å². The number of nitrogens with zero attached hydrogens (tertiary/aromatic N) is 1. The Bertz CT molecular complexity index is 129. The van der Waals surface area contributed by atoms with E-state index in [0.717, 1.165) is 12.5 Å². The molecule has 3 aliphatic heterocycles. The Morgan fingerprint density at radius 1 is 1.25 bits per heavy atom. The summed E-state index contributed by atoms with van der Waals surface area (Å²) in [6.45, 7) is 3.77. The third-order valence-corrected chi connectivity index (χ3v) is 2.71. The largest absolute Gasteiger partial charge is 0.326 e. The second kappa shape index (κ2) is 5.25. The summed E-state index contributed by atoms with van der Waals surface area (Å²) in [5, 5.41) is 0. The molecule has 1 unspecified atom stereocenters. The van der Waals surface area contributed by atoms with E-state index in [2.05, 4.69) is 32.5 Å². The van der Waals surface area contributed by atoms with Gasteiger partial charge >= 0.3 is 0 Å². The molecule has 3 rings (SSSR count). The quantitative estimate of drug-likeness (QED) is 0.660. The molecule has 3 heterocycles. The SMILES string of the molecule is ClOCl.NC1CN2CCC1CC2. The molecular formula is C7H14Cl2N2O. The fourth-order valence-electron chi connectivity index (χ4n) is 2.01. The molecule has 72 valence electrons. The number of nitrogens with two attached hydrogens (primary N) is 1. The number of hydrogen-bond acceptors (Lipinski definition) is 3. The molecule has 3 fully saturated rings. The Hall–Kier alpha value is 0.460. The zero-order valence-corrected chi connectivity index (χ0v) is 8.39. The lowest BCUT2D eigenvalue weighted by atomic mass is 9.85. The third-order valence-electron chi connectivity index (χ3n) is 2.71. The first kappa shape index (κ1) is 10.5. The van der Waals surface area contributed by atoms with E-state index in [1.165, 1.54) is 25.9 Å². The van der Waals surface area contributed by atoms with E-state index in [1.54, 1.807) is 0 Å². The van der Waals surface area contributed by atoms with Crippen LogP contribution >= 0.6 is 23.7 Å². The lowest BCUT2D eigenvalue weighted by Crippen LogP contribution is -2.54. The molecule has 2 bridgehead atoms. The highest BCUT2D eigenvalue weighted by molar-refractivity contribution is 6.24. The molecule has 3 aliphatic rings. The summed E-state index contributed by atoms with van der Waals surface area (Å²) in [6.07, 6.45) is 2.70. The van der Waals surface area contributed by atoms with Gasteiger partial charge in [-0.05, 0) is 31.8 Å². The van der Waals surface area contributed by atoms with Gasteiger partial charge in [0.2, 0.25) is 0 Å². The first-order chi connectivity index (χ1) is 5.77. The molecule has 0 aliphatic carbocycles. The van der Waals surface area contributed by atoms with Gasteiger partial charge in [-0.1, -0.05) is 0 Å². The van der Waals surface area contributed by atoms with Gasteiger partial charge in [0.25, 0.3) is 0 Å². The number of rotatable bonds is 0. The summed E-state index contributed by atoms with van der Waals surface area (Å²) >= 11 is 8.53. The van der Waals surface area contributed by atoms with E-state index in [0.29, 0.717) is 6.04 Å². The first-order valence-corrected chi connectivity index (χ1v) is 4.77. The second-order valence-electron chi connectivity index (χ2n) is 3.36. The van der Waals surface area contributed by atoms with Gasteiger partial charge in [-0.2, -0.15) is 3.84 Å². The zero-order chi connectivity index (χ0) is 8.97. The highest BCUT2D eigenvalue weighted by atomic mass is 35.6. The van der Waals surface area contributed by atoms with Crippen molar-refractivity contribution in [1.29, 1.82) is 0 Å². The van der Waals surface area contributed by atoms with Crippen molar-refractivity contribution in [2.24, 2.45) is 11.7 Å². The van der Waals surface area contributed by atoms with Crippen molar-refractivity contribution in [3.05, 3.63) is 0 Å². The van der Waals surface area contributed by atoms with E-state index >= 15 is 0 Å². The van der Waals surface area contributed by atoms with Gasteiger partial charge in [0.15, 0.2) is 0 Å². The maximum atomic E-state index is 5.88. The van der Waals surface area contributed by atoms with Crippen molar-refractivity contribution < 1.29 is 3.84 Å². The van der Waals surface area contributed by atoms with Crippen LogP contribution in [-0.2, 0) is 3.84 Å². The normalized spacial score (nSPS) is 38.8. The van der Waals surface area contributed by atoms with Crippen LogP contribution in [0, 0.1) is 5.92 Å². The van der Waals surface area contributed by atoms with Crippen molar-refractivity contribution in [1.82, 2.24) is 4.90 Å². The van der Waals surface area contributed by atoms with Crippen molar-refractivity contribution in [3.63, 3.8) is 0 Å². The standard InChI is InChI=1S/C7H14N2.Cl2O/c8-7-5-9-3-1-6(7)2-4-9;1-3-2/h6-7H,1-5,8H2;. The smallest absolute Gasteiger partial charge is 0.0832 e. The second-order valence-corrected chi connectivity index (χ2v) is 3.83. The Labute approximate surface area is 83.1 Å². The van der Waals surface area contributed by atoms with Crippen molar-refractivity contribution >= 4 is 23.7 Å². The van der Waals surface area contributed by atoms with Crippen LogP contribution < -0.4 is 5.73 Å². The van der Waals surface area contributed by atoms with Gasteiger partial charge in [-0.25, -0.2) is 0 Å². The van der Waals surface area contributed by atoms with E-state index in [9.17, 15) is 0 Å². The number of halogens is 2. The van der Waals surface area contributed by atoms with Gasteiger partial charge in [-0.15, -0.1) is 0 Å². The molecule has 2 N–H and O–H groups in total. The summed E-state index contributed by atoms with van der Waals surface area (Å²) in [7, 11) is 0. The summed E-state index contributed by atoms with van der Waals surface area (Å²) in [5.74, 6) is 0.856. The predicted octanol–water partition coefficient (Wildman–Crippen LogP) is 1.35. The third kappa shape index (κ3) is 2.75. The minimum Gasteiger partial charge on any atom is -0.326 e. The topological polar surface area (TPSA) is 38.5 Å². The molecule has 1 atom stereocenters. The van der Waals surface area contributed by atoms with Crippen LogP contribution in [-0.4, -0.2) is 30.6 Å². The van der Waals surface area contributed by atoms with Gasteiger partial charge < -0.3 is 10.6 Å². The van der Waals surface area contributed by atoms with E-state index in [1.807, 2.05) is 0 Å². The van der Waals surface area contributed by atoms with Crippen LogP contribution in [0.25, 0.3) is 0 Å². The number of hydrogen-bond donors (Lipinski definition) is 1. The zero-order valence-electron chi connectivity index (χ0n) is 6.88. The number of fused-ring (bicyclic) bond motifs is 3. The summed E-state index contributed by atoms with van der Waals surface area (Å²) in [4.78, 5) is 2.48. The molecule has 0 saturated carbocycles. The monoisotopic (exact) mass is 212 g/mol. The fourth-order valence-corrected chi connectivity index (χ4v) is 2.01. The Morgan fingerprint density at radius 2 is 1.75 bits per heavy atom. The van der Waals surface area contributed by atoms with Gasteiger partial charge in [0, 0.05) is 12.6 Å². The maximum absolute atomic E-state index is 5.88. The summed E-state index contributed by atoms with van der Waals surface area (Å²) < 4.78 is 3.19. The van der Waals surface area contributed by atoms with Crippen molar-refractivity contribution in [3.8, 4) is 0 Å². The molecule has 0 amide bonds. The van der Waals surface area contributed by atoms with Crippen LogP contribution in [0.5, 0.6) is 0 Å². The first-order valence-electron chi connectivity index (χ1n) is 4.15.